The van der Waals surface area contributed by atoms with E-state index in [2.05, 4.69) is 30.6 Å². The summed E-state index contributed by atoms with van der Waals surface area (Å²) in [6.45, 7) is 1.48. The van der Waals surface area contributed by atoms with Crippen LogP contribution in [0, 0.1) is 0 Å². The minimum atomic E-state index is 0.201. The van der Waals surface area contributed by atoms with E-state index in [0.29, 0.717) is 33.7 Å². The number of anilines is 1. The Bertz CT molecular complexity index is 712. The fourth-order valence-corrected chi connectivity index (χ4v) is 3.09. The Labute approximate surface area is 155 Å². The average Bonchev–Trinajstić information content (AvgIpc) is 3.14. The number of hydrogen-bond acceptors (Lipinski definition) is 8. The molecule has 0 aliphatic carbocycles. The van der Waals surface area contributed by atoms with Gasteiger partial charge in [0.2, 0.25) is 11.8 Å². The molecule has 1 aliphatic heterocycles. The maximum atomic E-state index is 5.56. The summed E-state index contributed by atoms with van der Waals surface area (Å²) in [6, 6.07) is 3.48. The predicted octanol–water partition coefficient (Wildman–Crippen LogP) is 1.89. The molecule has 132 valence electrons. The number of methoxy groups -OCH3 is 1. The van der Waals surface area contributed by atoms with E-state index in [1.807, 2.05) is 0 Å². The first kappa shape index (κ1) is 17.8. The lowest BCUT2D eigenvalue weighted by Gasteiger charge is -2.14. The molecule has 10 heteroatoms. The highest BCUT2D eigenvalue weighted by Crippen LogP contribution is 2.25. The van der Waals surface area contributed by atoms with Crippen molar-refractivity contribution in [3.63, 3.8) is 0 Å². The van der Waals surface area contributed by atoms with E-state index in [9.17, 15) is 0 Å². The quantitative estimate of drug-likeness (QED) is 0.441. The van der Waals surface area contributed by atoms with E-state index in [-0.39, 0.29) is 6.10 Å². The van der Waals surface area contributed by atoms with Crippen molar-refractivity contribution in [1.82, 2.24) is 25.3 Å². The molecule has 1 fully saturated rings. The lowest BCUT2D eigenvalue weighted by molar-refractivity contribution is 0.114. The van der Waals surface area contributed by atoms with Gasteiger partial charge in [0.05, 0.1) is 13.2 Å². The van der Waals surface area contributed by atoms with Gasteiger partial charge in [0.25, 0.3) is 0 Å². The molecule has 0 unspecified atom stereocenters. The van der Waals surface area contributed by atoms with Crippen molar-refractivity contribution in [2.45, 2.75) is 29.1 Å². The third-order valence-electron chi connectivity index (χ3n) is 3.37. The molecule has 3 heterocycles. The third-order valence-corrected chi connectivity index (χ3v) is 4.42. The zero-order chi connectivity index (χ0) is 17.5. The molecule has 8 nitrogen and oxygen atoms in total. The van der Waals surface area contributed by atoms with Gasteiger partial charge in [-0.1, -0.05) is 0 Å². The van der Waals surface area contributed by atoms with Crippen molar-refractivity contribution in [1.29, 1.82) is 0 Å². The number of ether oxygens (including phenoxy) is 2. The molecule has 25 heavy (non-hydrogen) atoms. The largest absolute Gasteiger partial charge is 0.481 e. The molecule has 2 aromatic rings. The van der Waals surface area contributed by atoms with Crippen LogP contribution in [-0.2, 0) is 4.74 Å². The Morgan fingerprint density at radius 2 is 2.24 bits per heavy atom. The van der Waals surface area contributed by atoms with Gasteiger partial charge in [-0.25, -0.2) is 15.0 Å². The SMILES string of the molecule is COc1cc(Sc2ncccn2)nc(NC(=S)NC[C@H]2CCCO2)n1. The van der Waals surface area contributed by atoms with Crippen molar-refractivity contribution in [3.05, 3.63) is 24.5 Å². The van der Waals surface area contributed by atoms with Crippen LogP contribution in [0.3, 0.4) is 0 Å². The van der Waals surface area contributed by atoms with Crippen LogP contribution < -0.4 is 15.4 Å². The monoisotopic (exact) mass is 378 g/mol. The van der Waals surface area contributed by atoms with Crippen molar-refractivity contribution in [3.8, 4) is 5.88 Å². The summed E-state index contributed by atoms with van der Waals surface area (Å²) in [7, 11) is 1.55. The second kappa shape index (κ2) is 8.88. The second-order valence-corrected chi connectivity index (χ2v) is 6.57. The Morgan fingerprint density at radius 3 is 2.96 bits per heavy atom. The third kappa shape index (κ3) is 5.48. The van der Waals surface area contributed by atoms with E-state index in [1.165, 1.54) is 11.8 Å². The first-order valence-corrected chi connectivity index (χ1v) is 9.00. The number of rotatable bonds is 6. The topological polar surface area (TPSA) is 94.1 Å². The first-order valence-electron chi connectivity index (χ1n) is 7.77. The second-order valence-electron chi connectivity index (χ2n) is 5.18. The van der Waals surface area contributed by atoms with Crippen molar-refractivity contribution in [2.24, 2.45) is 0 Å². The maximum absolute atomic E-state index is 5.56. The highest BCUT2D eigenvalue weighted by Gasteiger charge is 2.16. The Kier molecular flexibility index (Phi) is 6.31. The highest BCUT2D eigenvalue weighted by atomic mass is 32.2. The standard InChI is InChI=1S/C15H18N6O2S2/c1-22-11-8-12(25-15-16-5-3-6-17-15)20-13(19-11)21-14(24)18-9-10-4-2-7-23-10/h3,5-6,8,10H,2,4,7,9H2,1H3,(H2,18,19,20,21,24)/t10-/m1/s1. The summed E-state index contributed by atoms with van der Waals surface area (Å²) >= 11 is 6.61. The molecule has 3 rings (SSSR count). The van der Waals surface area contributed by atoms with Crippen LogP contribution in [0.5, 0.6) is 5.88 Å². The van der Waals surface area contributed by atoms with Crippen molar-refractivity contribution >= 4 is 35.0 Å². The summed E-state index contributed by atoms with van der Waals surface area (Å²) in [5, 5.41) is 7.78. The number of nitrogens with zero attached hydrogens (tertiary/aromatic N) is 4. The summed E-state index contributed by atoms with van der Waals surface area (Å²) in [6.07, 6.45) is 5.69. The van der Waals surface area contributed by atoms with Gasteiger partial charge in [-0.2, -0.15) is 4.98 Å². The van der Waals surface area contributed by atoms with Crippen LogP contribution >= 0.6 is 24.0 Å². The lowest BCUT2D eigenvalue weighted by Crippen LogP contribution is -2.35. The molecular formula is C15H18N6O2S2. The Hall–Kier alpha value is -2.04. The van der Waals surface area contributed by atoms with E-state index in [0.717, 1.165) is 19.4 Å². The minimum Gasteiger partial charge on any atom is -0.481 e. The molecule has 1 atom stereocenters. The Morgan fingerprint density at radius 1 is 1.40 bits per heavy atom. The van der Waals surface area contributed by atoms with Gasteiger partial charge >= 0.3 is 0 Å². The molecule has 1 aliphatic rings. The van der Waals surface area contributed by atoms with Gasteiger partial charge in [-0.05, 0) is 42.9 Å². The van der Waals surface area contributed by atoms with Crippen LogP contribution in [0.1, 0.15) is 12.8 Å². The fourth-order valence-electron chi connectivity index (χ4n) is 2.21. The van der Waals surface area contributed by atoms with Crippen molar-refractivity contribution < 1.29 is 9.47 Å². The molecular weight excluding hydrogens is 360 g/mol. The summed E-state index contributed by atoms with van der Waals surface area (Å²) in [4.78, 5) is 17.0. The molecule has 0 radical (unpaired) electrons. The van der Waals surface area contributed by atoms with Crippen LogP contribution in [0.2, 0.25) is 0 Å². The van der Waals surface area contributed by atoms with Crippen LogP contribution in [-0.4, -0.2) is 51.4 Å². The molecule has 2 N–H and O–H groups in total. The molecule has 0 aromatic carbocycles. The van der Waals surface area contributed by atoms with Gasteiger partial charge < -0.3 is 20.1 Å². The minimum absolute atomic E-state index is 0.201. The fraction of sp³-hybridized carbons (Fsp3) is 0.400. The zero-order valence-corrected chi connectivity index (χ0v) is 15.3. The number of aromatic nitrogens is 4. The van der Waals surface area contributed by atoms with E-state index < -0.39 is 0 Å². The molecule has 0 saturated carbocycles. The smallest absolute Gasteiger partial charge is 0.233 e. The van der Waals surface area contributed by atoms with E-state index in [4.69, 9.17) is 21.7 Å². The predicted molar refractivity (Wildman–Crippen MR) is 97.9 cm³/mol. The molecule has 2 aromatic heterocycles. The Balaban J connectivity index is 1.63. The summed E-state index contributed by atoms with van der Waals surface area (Å²) in [5.74, 6) is 0.778. The molecule has 1 saturated heterocycles. The summed E-state index contributed by atoms with van der Waals surface area (Å²) < 4.78 is 10.8. The highest BCUT2D eigenvalue weighted by molar-refractivity contribution is 7.99. The van der Waals surface area contributed by atoms with Crippen LogP contribution in [0.4, 0.5) is 5.95 Å². The van der Waals surface area contributed by atoms with Crippen LogP contribution in [0.25, 0.3) is 0 Å². The van der Waals surface area contributed by atoms with Gasteiger partial charge in [0, 0.05) is 31.6 Å². The van der Waals surface area contributed by atoms with Gasteiger partial charge in [-0.15, -0.1) is 0 Å². The number of hydrogen-bond donors (Lipinski definition) is 2. The van der Waals surface area contributed by atoms with Crippen LogP contribution in [0.15, 0.2) is 34.7 Å². The van der Waals surface area contributed by atoms with E-state index in [1.54, 1.807) is 31.6 Å². The first-order chi connectivity index (χ1) is 12.2. The number of thiocarbonyl (C=S) groups is 1. The normalized spacial score (nSPS) is 16.4. The molecule has 0 bridgehead atoms. The lowest BCUT2D eigenvalue weighted by atomic mass is 10.2. The average molecular weight is 378 g/mol. The summed E-state index contributed by atoms with van der Waals surface area (Å²) in [5.41, 5.74) is 0. The van der Waals surface area contributed by atoms with Gasteiger partial charge in [0.1, 0.15) is 5.03 Å². The molecule has 0 spiro atoms. The van der Waals surface area contributed by atoms with Crippen molar-refractivity contribution in [2.75, 3.05) is 25.6 Å². The van der Waals surface area contributed by atoms with Gasteiger partial charge in [-0.3, -0.25) is 0 Å². The van der Waals surface area contributed by atoms with E-state index >= 15 is 0 Å². The number of nitrogens with one attached hydrogen (secondary N) is 2. The van der Waals surface area contributed by atoms with Gasteiger partial charge in [0.15, 0.2) is 10.3 Å². The maximum Gasteiger partial charge on any atom is 0.233 e. The molecule has 0 amide bonds. The zero-order valence-electron chi connectivity index (χ0n) is 13.6.